The van der Waals surface area contributed by atoms with Gasteiger partial charge in [0, 0.05) is 17.6 Å². The number of para-hydroxylation sites is 2. The lowest BCUT2D eigenvalue weighted by Gasteiger charge is -2.23. The summed E-state index contributed by atoms with van der Waals surface area (Å²) in [4.78, 5) is 27.8. The molecular weight excluding hydrogens is 354 g/mol. The Morgan fingerprint density at radius 3 is 2.43 bits per heavy atom. The van der Waals surface area contributed by atoms with Crippen molar-refractivity contribution in [3.8, 4) is 5.69 Å². The number of nitrogens with zero attached hydrogens (tertiary/aromatic N) is 3. The first-order valence-corrected chi connectivity index (χ1v) is 9.38. The maximum atomic E-state index is 12.9. The van der Waals surface area contributed by atoms with E-state index in [4.69, 9.17) is 0 Å². The number of nitrogens with one attached hydrogen (secondary N) is 2. The highest BCUT2D eigenvalue weighted by Gasteiger charge is 2.24. The first-order valence-electron chi connectivity index (χ1n) is 9.38. The zero-order valence-electron chi connectivity index (χ0n) is 17.2. The highest BCUT2D eigenvalue weighted by molar-refractivity contribution is 6.04. The lowest BCUT2D eigenvalue weighted by atomic mass is 10.1. The molecule has 1 aromatic carbocycles. The third-order valence-electron chi connectivity index (χ3n) is 4.55. The number of hydrogen-bond acceptors (Lipinski definition) is 3. The minimum Gasteiger partial charge on any atom is -0.319 e. The Hall–Kier alpha value is -3.09. The second-order valence-corrected chi connectivity index (χ2v) is 8.23. The topological polar surface area (TPSA) is 84.7 Å². The Morgan fingerprint density at radius 1 is 1.21 bits per heavy atom. The van der Waals surface area contributed by atoms with Gasteiger partial charge in [0.15, 0.2) is 5.69 Å². The number of aromatic amines is 1. The molecule has 7 nitrogen and oxygen atoms in total. The molecule has 0 aliphatic carbocycles. The molecule has 0 aliphatic rings. The largest absolute Gasteiger partial charge is 0.330 e. The van der Waals surface area contributed by atoms with Gasteiger partial charge in [0.1, 0.15) is 0 Å². The molecule has 28 heavy (non-hydrogen) atoms. The number of aryl methyl sites for hydroxylation is 1. The summed E-state index contributed by atoms with van der Waals surface area (Å²) in [7, 11) is 0. The Kier molecular flexibility index (Phi) is 5.02. The van der Waals surface area contributed by atoms with Crippen molar-refractivity contribution in [3.05, 3.63) is 64.1 Å². The number of hydrogen-bond donors (Lipinski definition) is 2. The van der Waals surface area contributed by atoms with Gasteiger partial charge >= 0.3 is 5.69 Å². The second kappa shape index (κ2) is 7.14. The van der Waals surface area contributed by atoms with Crippen molar-refractivity contribution in [2.75, 3.05) is 5.32 Å². The Morgan fingerprint density at radius 2 is 1.89 bits per heavy atom. The van der Waals surface area contributed by atoms with Gasteiger partial charge in [0.2, 0.25) is 0 Å². The van der Waals surface area contributed by atoms with E-state index in [9.17, 15) is 9.59 Å². The molecule has 7 heteroatoms. The molecule has 3 aromatic rings. The van der Waals surface area contributed by atoms with Crippen LogP contribution in [0.25, 0.3) is 5.69 Å². The minimum atomic E-state index is -0.307. The number of imidazole rings is 1. The van der Waals surface area contributed by atoms with E-state index in [1.165, 1.54) is 4.57 Å². The zero-order chi connectivity index (χ0) is 20.6. The SMILES string of the molecule is Cc1c[nH]c(=O)n1-c1ccccc1NC(=O)c1cc(C(C)C)n(C(C)(C)C)n1. The fourth-order valence-electron chi connectivity index (χ4n) is 3.17. The summed E-state index contributed by atoms with van der Waals surface area (Å²) < 4.78 is 3.43. The number of amides is 1. The van der Waals surface area contributed by atoms with Gasteiger partial charge in [-0.1, -0.05) is 26.0 Å². The van der Waals surface area contributed by atoms with Crippen molar-refractivity contribution < 1.29 is 4.79 Å². The Bertz CT molecular complexity index is 1060. The van der Waals surface area contributed by atoms with E-state index >= 15 is 0 Å². The fraction of sp³-hybridized carbons (Fsp3) is 0.381. The molecule has 0 bridgehead atoms. The van der Waals surface area contributed by atoms with Crippen molar-refractivity contribution in [2.45, 2.75) is 53.0 Å². The number of H-pyrrole nitrogens is 1. The molecule has 2 N–H and O–H groups in total. The van der Waals surface area contributed by atoms with Crippen LogP contribution in [0.4, 0.5) is 5.69 Å². The van der Waals surface area contributed by atoms with Crippen LogP contribution in [-0.2, 0) is 5.54 Å². The minimum absolute atomic E-state index is 0.231. The van der Waals surface area contributed by atoms with Gasteiger partial charge in [-0.3, -0.25) is 14.0 Å². The van der Waals surface area contributed by atoms with E-state index < -0.39 is 0 Å². The summed E-state index contributed by atoms with van der Waals surface area (Å²) in [5.41, 5.74) is 2.79. The van der Waals surface area contributed by atoms with E-state index in [-0.39, 0.29) is 23.1 Å². The van der Waals surface area contributed by atoms with Gasteiger partial charge in [-0.2, -0.15) is 5.10 Å². The Labute approximate surface area is 164 Å². The first kappa shape index (κ1) is 19.7. The predicted molar refractivity (Wildman–Crippen MR) is 110 cm³/mol. The standard InChI is InChI=1S/C21H27N5O2/c1-13(2)18-11-16(24-26(18)21(4,5)6)19(27)23-15-9-7-8-10-17(15)25-14(3)12-22-20(25)28/h7-13H,1-6H3,(H,22,28)(H,23,27). The molecule has 0 unspecified atom stereocenters. The van der Waals surface area contributed by atoms with E-state index in [0.717, 1.165) is 11.4 Å². The number of carbonyl (C=O) groups excluding carboxylic acids is 1. The van der Waals surface area contributed by atoms with Crippen molar-refractivity contribution in [1.82, 2.24) is 19.3 Å². The smallest absolute Gasteiger partial charge is 0.319 e. The third-order valence-corrected chi connectivity index (χ3v) is 4.55. The average Bonchev–Trinajstić information content (AvgIpc) is 3.20. The van der Waals surface area contributed by atoms with Crippen LogP contribution in [0.3, 0.4) is 0 Å². The van der Waals surface area contributed by atoms with Crippen molar-refractivity contribution in [3.63, 3.8) is 0 Å². The van der Waals surface area contributed by atoms with E-state index in [1.807, 2.05) is 29.8 Å². The fourth-order valence-corrected chi connectivity index (χ4v) is 3.17. The van der Waals surface area contributed by atoms with Gasteiger partial charge in [-0.25, -0.2) is 4.79 Å². The molecule has 0 saturated heterocycles. The van der Waals surface area contributed by atoms with Gasteiger partial charge in [0.05, 0.1) is 16.9 Å². The molecule has 2 heterocycles. The molecular formula is C21H27N5O2. The van der Waals surface area contributed by atoms with Crippen LogP contribution in [0.5, 0.6) is 0 Å². The molecule has 0 saturated carbocycles. The number of carbonyl (C=O) groups is 1. The second-order valence-electron chi connectivity index (χ2n) is 8.23. The molecule has 0 spiro atoms. The maximum Gasteiger partial charge on any atom is 0.330 e. The number of aromatic nitrogens is 4. The number of benzene rings is 1. The summed E-state index contributed by atoms with van der Waals surface area (Å²) >= 11 is 0. The molecule has 3 rings (SSSR count). The van der Waals surface area contributed by atoms with Crippen LogP contribution in [-0.4, -0.2) is 25.2 Å². The lowest BCUT2D eigenvalue weighted by Crippen LogP contribution is -2.26. The van der Waals surface area contributed by atoms with Crippen LogP contribution in [0.1, 0.15) is 62.4 Å². The highest BCUT2D eigenvalue weighted by atomic mass is 16.2. The monoisotopic (exact) mass is 381 g/mol. The predicted octanol–water partition coefficient (Wildman–Crippen LogP) is 3.80. The summed E-state index contributed by atoms with van der Waals surface area (Å²) in [6.07, 6.45) is 1.64. The normalized spacial score (nSPS) is 11.8. The van der Waals surface area contributed by atoms with Crippen molar-refractivity contribution in [2.24, 2.45) is 0 Å². The van der Waals surface area contributed by atoms with Gasteiger partial charge in [-0.15, -0.1) is 0 Å². The number of rotatable bonds is 4. The Balaban J connectivity index is 1.99. The van der Waals surface area contributed by atoms with Gasteiger partial charge < -0.3 is 10.3 Å². The van der Waals surface area contributed by atoms with Crippen LogP contribution < -0.4 is 11.0 Å². The summed E-state index contributed by atoms with van der Waals surface area (Å²) in [5.74, 6) is -0.0692. The summed E-state index contributed by atoms with van der Waals surface area (Å²) in [6.45, 7) is 12.2. The van der Waals surface area contributed by atoms with Crippen LogP contribution >= 0.6 is 0 Å². The van der Waals surface area contributed by atoms with E-state index in [1.54, 1.807) is 18.3 Å². The van der Waals surface area contributed by atoms with E-state index in [2.05, 4.69) is 50.0 Å². The first-order chi connectivity index (χ1) is 13.1. The molecule has 1 amide bonds. The van der Waals surface area contributed by atoms with Crippen LogP contribution in [0.15, 0.2) is 41.3 Å². The molecule has 148 valence electrons. The molecule has 2 aromatic heterocycles. The van der Waals surface area contributed by atoms with Crippen LogP contribution in [0, 0.1) is 6.92 Å². The molecule has 0 atom stereocenters. The average molecular weight is 381 g/mol. The van der Waals surface area contributed by atoms with Crippen LogP contribution in [0.2, 0.25) is 0 Å². The summed E-state index contributed by atoms with van der Waals surface area (Å²) in [5, 5.41) is 7.47. The van der Waals surface area contributed by atoms with Gasteiger partial charge in [0.25, 0.3) is 5.91 Å². The maximum absolute atomic E-state index is 12.9. The van der Waals surface area contributed by atoms with E-state index in [0.29, 0.717) is 17.1 Å². The molecule has 0 fully saturated rings. The molecule has 0 aliphatic heterocycles. The molecule has 0 radical (unpaired) electrons. The third kappa shape index (κ3) is 3.65. The highest BCUT2D eigenvalue weighted by Crippen LogP contribution is 2.25. The summed E-state index contributed by atoms with van der Waals surface area (Å²) in [6, 6.07) is 9.05. The zero-order valence-corrected chi connectivity index (χ0v) is 17.2. The van der Waals surface area contributed by atoms with Crippen molar-refractivity contribution >= 4 is 11.6 Å². The quantitative estimate of drug-likeness (QED) is 0.721. The number of anilines is 1. The van der Waals surface area contributed by atoms with Gasteiger partial charge in [-0.05, 0) is 51.8 Å². The lowest BCUT2D eigenvalue weighted by molar-refractivity contribution is 0.102. The van der Waals surface area contributed by atoms with Crippen molar-refractivity contribution in [1.29, 1.82) is 0 Å².